The zero-order valence-electron chi connectivity index (χ0n) is 46.2. The van der Waals surface area contributed by atoms with E-state index in [9.17, 15) is 14.4 Å². The molecular weight excluding hydrogens is 841 g/mol. The van der Waals surface area contributed by atoms with Gasteiger partial charge in [0.1, 0.15) is 13.2 Å². The van der Waals surface area contributed by atoms with Crippen molar-refractivity contribution in [2.75, 3.05) is 13.2 Å². The third-order valence-electron chi connectivity index (χ3n) is 14.0. The highest BCUT2D eigenvalue weighted by Crippen LogP contribution is 2.18. The smallest absolute Gasteiger partial charge is 0.306 e. The van der Waals surface area contributed by atoms with Crippen molar-refractivity contribution in [2.45, 2.75) is 354 Å². The number of hydrogen-bond donors (Lipinski definition) is 0. The van der Waals surface area contributed by atoms with Crippen LogP contribution in [0.15, 0.2) is 12.2 Å². The van der Waals surface area contributed by atoms with Crippen LogP contribution in [0.25, 0.3) is 0 Å². The van der Waals surface area contributed by atoms with Gasteiger partial charge in [0.15, 0.2) is 6.10 Å². The fourth-order valence-electron chi connectivity index (χ4n) is 9.39. The summed E-state index contributed by atoms with van der Waals surface area (Å²) in [6.07, 6.45) is 66.5. The lowest BCUT2D eigenvalue weighted by atomic mass is 10.0. The Kier molecular flexibility index (Phi) is 56.2. The first-order chi connectivity index (χ1) is 33.5. The van der Waals surface area contributed by atoms with E-state index in [1.165, 1.54) is 238 Å². The van der Waals surface area contributed by atoms with Crippen LogP contribution in [0.5, 0.6) is 0 Å². The molecule has 0 aromatic carbocycles. The molecule has 0 bridgehead atoms. The SMILES string of the molecule is CCC/C=C\CCCCCCCC(=O)OCC(COC(=O)CCCCCCCCCCCCCCCCCCCCCCC)OC(=O)CCCCCCCCCCCCCCCCCCCCC. The van der Waals surface area contributed by atoms with Crippen LogP contribution in [-0.4, -0.2) is 37.2 Å². The molecule has 0 rings (SSSR count). The Morgan fingerprint density at radius 2 is 0.515 bits per heavy atom. The molecular formula is C62H118O6. The first-order valence-corrected chi connectivity index (χ1v) is 30.7. The Morgan fingerprint density at radius 1 is 0.279 bits per heavy atom. The van der Waals surface area contributed by atoms with Gasteiger partial charge in [-0.3, -0.25) is 14.4 Å². The second-order valence-electron chi connectivity index (χ2n) is 21.0. The number of ether oxygens (including phenoxy) is 3. The molecule has 0 heterocycles. The van der Waals surface area contributed by atoms with Gasteiger partial charge in [-0.25, -0.2) is 0 Å². The molecule has 0 fully saturated rings. The van der Waals surface area contributed by atoms with Gasteiger partial charge in [-0.15, -0.1) is 0 Å². The zero-order valence-corrected chi connectivity index (χ0v) is 46.2. The number of unbranched alkanes of at least 4 members (excludes halogenated alkanes) is 44. The van der Waals surface area contributed by atoms with E-state index in [-0.39, 0.29) is 31.1 Å². The minimum atomic E-state index is -0.767. The van der Waals surface area contributed by atoms with E-state index in [1.54, 1.807) is 0 Å². The molecule has 0 aromatic heterocycles. The van der Waals surface area contributed by atoms with Crippen molar-refractivity contribution >= 4 is 17.9 Å². The lowest BCUT2D eigenvalue weighted by Crippen LogP contribution is -2.30. The van der Waals surface area contributed by atoms with E-state index in [2.05, 4.69) is 32.9 Å². The van der Waals surface area contributed by atoms with E-state index in [4.69, 9.17) is 14.2 Å². The van der Waals surface area contributed by atoms with Crippen LogP contribution in [0.4, 0.5) is 0 Å². The normalized spacial score (nSPS) is 12.0. The quantitative estimate of drug-likeness (QED) is 0.0262. The first-order valence-electron chi connectivity index (χ1n) is 30.7. The third-order valence-corrected chi connectivity index (χ3v) is 14.0. The molecule has 0 saturated carbocycles. The third kappa shape index (κ3) is 55.1. The number of allylic oxidation sites excluding steroid dienone is 2. The summed E-state index contributed by atoms with van der Waals surface area (Å²) in [7, 11) is 0. The molecule has 0 aliphatic heterocycles. The van der Waals surface area contributed by atoms with Crippen molar-refractivity contribution in [3.63, 3.8) is 0 Å². The number of carbonyl (C=O) groups excluding carboxylic acids is 3. The maximum absolute atomic E-state index is 12.9. The summed E-state index contributed by atoms with van der Waals surface area (Å²) in [5.41, 5.74) is 0. The van der Waals surface area contributed by atoms with Gasteiger partial charge in [0.2, 0.25) is 0 Å². The molecule has 0 aliphatic carbocycles. The van der Waals surface area contributed by atoms with Gasteiger partial charge in [-0.1, -0.05) is 303 Å². The second kappa shape index (κ2) is 57.7. The van der Waals surface area contributed by atoms with Crippen LogP contribution in [0, 0.1) is 0 Å². The summed E-state index contributed by atoms with van der Waals surface area (Å²) in [4.78, 5) is 38.1. The van der Waals surface area contributed by atoms with Crippen molar-refractivity contribution in [3.05, 3.63) is 12.2 Å². The number of carbonyl (C=O) groups is 3. The van der Waals surface area contributed by atoms with E-state index in [1.807, 2.05) is 0 Å². The summed E-state index contributed by atoms with van der Waals surface area (Å²) < 4.78 is 16.9. The molecule has 68 heavy (non-hydrogen) atoms. The van der Waals surface area contributed by atoms with Gasteiger partial charge >= 0.3 is 17.9 Å². The summed E-state index contributed by atoms with van der Waals surface area (Å²) in [5, 5.41) is 0. The molecule has 6 heteroatoms. The molecule has 1 atom stereocenters. The first kappa shape index (κ1) is 66.2. The Bertz CT molecular complexity index is 1060. The maximum atomic E-state index is 12.9. The second-order valence-corrected chi connectivity index (χ2v) is 21.0. The molecule has 0 amide bonds. The molecule has 0 N–H and O–H groups in total. The van der Waals surface area contributed by atoms with Crippen molar-refractivity contribution in [1.82, 2.24) is 0 Å². The summed E-state index contributed by atoms with van der Waals surface area (Å²) in [6.45, 7) is 6.64. The van der Waals surface area contributed by atoms with Crippen LogP contribution in [0.1, 0.15) is 348 Å². The van der Waals surface area contributed by atoms with Crippen LogP contribution >= 0.6 is 0 Å². The van der Waals surface area contributed by atoms with E-state index >= 15 is 0 Å². The molecule has 6 nitrogen and oxygen atoms in total. The van der Waals surface area contributed by atoms with Crippen LogP contribution < -0.4 is 0 Å². The topological polar surface area (TPSA) is 78.9 Å². The average Bonchev–Trinajstić information content (AvgIpc) is 3.34. The van der Waals surface area contributed by atoms with Crippen LogP contribution in [0.2, 0.25) is 0 Å². The van der Waals surface area contributed by atoms with Crippen molar-refractivity contribution in [3.8, 4) is 0 Å². The van der Waals surface area contributed by atoms with Crippen LogP contribution in [-0.2, 0) is 28.6 Å². The summed E-state index contributed by atoms with van der Waals surface area (Å²) in [6, 6.07) is 0. The van der Waals surface area contributed by atoms with Gasteiger partial charge in [0.25, 0.3) is 0 Å². The predicted molar refractivity (Wildman–Crippen MR) is 293 cm³/mol. The number of rotatable bonds is 57. The lowest BCUT2D eigenvalue weighted by molar-refractivity contribution is -0.167. The van der Waals surface area contributed by atoms with Crippen LogP contribution in [0.3, 0.4) is 0 Å². The zero-order chi connectivity index (χ0) is 49.3. The standard InChI is InChI=1S/C62H118O6/c1-4-7-10-13-16-19-22-24-26-28-30-31-33-34-36-38-40-43-46-49-52-55-61(64)67-58-59(57-66-60(63)54-51-48-45-42-21-18-15-12-9-6-3)68-62(65)56-53-50-47-44-41-39-37-35-32-29-27-25-23-20-17-14-11-8-5-2/h12,15,59H,4-11,13-14,16-58H2,1-3H3/b15-12-. The molecule has 0 spiro atoms. The van der Waals surface area contributed by atoms with E-state index < -0.39 is 6.10 Å². The fraction of sp³-hybridized carbons (Fsp3) is 0.919. The van der Waals surface area contributed by atoms with Gasteiger partial charge in [0.05, 0.1) is 0 Å². The molecule has 402 valence electrons. The van der Waals surface area contributed by atoms with Gasteiger partial charge < -0.3 is 14.2 Å². The highest BCUT2D eigenvalue weighted by Gasteiger charge is 2.19. The lowest BCUT2D eigenvalue weighted by Gasteiger charge is -2.18. The Morgan fingerprint density at radius 3 is 0.794 bits per heavy atom. The van der Waals surface area contributed by atoms with Gasteiger partial charge in [0, 0.05) is 19.3 Å². The summed E-state index contributed by atoms with van der Waals surface area (Å²) in [5.74, 6) is -0.851. The Labute approximate surface area is 424 Å². The van der Waals surface area contributed by atoms with Gasteiger partial charge in [-0.05, 0) is 38.5 Å². The number of hydrogen-bond acceptors (Lipinski definition) is 6. The highest BCUT2D eigenvalue weighted by atomic mass is 16.6. The van der Waals surface area contributed by atoms with Crippen molar-refractivity contribution in [2.24, 2.45) is 0 Å². The molecule has 0 aromatic rings. The highest BCUT2D eigenvalue weighted by molar-refractivity contribution is 5.71. The minimum absolute atomic E-state index is 0.0665. The Hall–Kier alpha value is -1.85. The largest absolute Gasteiger partial charge is 0.462 e. The monoisotopic (exact) mass is 959 g/mol. The Balaban J connectivity index is 4.20. The fourth-order valence-corrected chi connectivity index (χ4v) is 9.39. The molecule has 0 aliphatic rings. The molecule has 0 saturated heterocycles. The molecule has 1 unspecified atom stereocenters. The van der Waals surface area contributed by atoms with Gasteiger partial charge in [-0.2, -0.15) is 0 Å². The van der Waals surface area contributed by atoms with Crippen molar-refractivity contribution in [1.29, 1.82) is 0 Å². The van der Waals surface area contributed by atoms with E-state index in [0.29, 0.717) is 19.3 Å². The van der Waals surface area contributed by atoms with Crippen molar-refractivity contribution < 1.29 is 28.6 Å². The number of esters is 3. The predicted octanol–water partition coefficient (Wildman–Crippen LogP) is 20.5. The maximum Gasteiger partial charge on any atom is 0.306 e. The summed E-state index contributed by atoms with van der Waals surface area (Å²) >= 11 is 0. The van der Waals surface area contributed by atoms with E-state index in [0.717, 1.165) is 70.6 Å². The minimum Gasteiger partial charge on any atom is -0.462 e. The average molecular weight is 960 g/mol. The molecule has 0 radical (unpaired) electrons.